The van der Waals surface area contributed by atoms with E-state index in [0.717, 1.165) is 0 Å². The Morgan fingerprint density at radius 3 is 2.91 bits per heavy atom. The van der Waals surface area contributed by atoms with Crippen molar-refractivity contribution in [2.75, 3.05) is 25.0 Å². The molecule has 0 aromatic carbocycles. The zero-order valence-corrected chi connectivity index (χ0v) is 14.1. The lowest BCUT2D eigenvalue weighted by Crippen LogP contribution is -2.53. The summed E-state index contributed by atoms with van der Waals surface area (Å²) >= 11 is 5.90. The SMILES string of the molecule is CC(C)(C)OC(=O)N1CC(CNc2nc(Cl)nc3ccoc23)C1. The Labute approximate surface area is 139 Å². The van der Waals surface area contributed by atoms with Gasteiger partial charge in [-0.05, 0) is 32.4 Å². The van der Waals surface area contributed by atoms with Gasteiger partial charge in [-0.3, -0.25) is 0 Å². The van der Waals surface area contributed by atoms with Gasteiger partial charge in [-0.15, -0.1) is 0 Å². The van der Waals surface area contributed by atoms with Gasteiger partial charge in [-0.2, -0.15) is 4.98 Å². The van der Waals surface area contributed by atoms with Gasteiger partial charge in [0.15, 0.2) is 11.4 Å². The van der Waals surface area contributed by atoms with Crippen molar-refractivity contribution in [3.05, 3.63) is 17.6 Å². The Morgan fingerprint density at radius 2 is 2.22 bits per heavy atom. The highest BCUT2D eigenvalue weighted by molar-refractivity contribution is 6.28. The van der Waals surface area contributed by atoms with Crippen molar-refractivity contribution < 1.29 is 13.9 Å². The number of likely N-dealkylation sites (tertiary alicyclic amines) is 1. The van der Waals surface area contributed by atoms with Gasteiger partial charge in [0.2, 0.25) is 5.28 Å². The maximum atomic E-state index is 11.9. The number of hydrogen-bond acceptors (Lipinski definition) is 6. The van der Waals surface area contributed by atoms with Crippen LogP contribution in [0.25, 0.3) is 11.1 Å². The molecule has 0 aliphatic carbocycles. The number of carbonyl (C=O) groups excluding carboxylic acids is 1. The Bertz CT molecular complexity index is 719. The number of rotatable bonds is 3. The highest BCUT2D eigenvalue weighted by atomic mass is 35.5. The molecule has 3 heterocycles. The normalized spacial score (nSPS) is 15.6. The molecule has 0 unspecified atom stereocenters. The molecule has 3 rings (SSSR count). The van der Waals surface area contributed by atoms with E-state index in [2.05, 4.69) is 15.3 Å². The van der Waals surface area contributed by atoms with E-state index in [1.807, 2.05) is 20.8 Å². The van der Waals surface area contributed by atoms with E-state index in [-0.39, 0.29) is 11.4 Å². The maximum absolute atomic E-state index is 11.9. The van der Waals surface area contributed by atoms with Crippen LogP contribution in [0.3, 0.4) is 0 Å². The number of nitrogens with one attached hydrogen (secondary N) is 1. The monoisotopic (exact) mass is 338 g/mol. The molecule has 0 spiro atoms. The molecule has 1 amide bonds. The number of halogens is 1. The Morgan fingerprint density at radius 1 is 1.48 bits per heavy atom. The lowest BCUT2D eigenvalue weighted by atomic mass is 10.0. The molecule has 2 aromatic rings. The molecule has 23 heavy (non-hydrogen) atoms. The minimum atomic E-state index is -0.469. The first-order valence-electron chi connectivity index (χ1n) is 7.44. The lowest BCUT2D eigenvalue weighted by molar-refractivity contribution is 0.000839. The van der Waals surface area contributed by atoms with Crippen LogP contribution < -0.4 is 5.32 Å². The summed E-state index contributed by atoms with van der Waals surface area (Å²) in [6.45, 7) is 7.55. The molecule has 0 atom stereocenters. The van der Waals surface area contributed by atoms with Crippen molar-refractivity contribution in [3.63, 3.8) is 0 Å². The number of nitrogens with zero attached hydrogens (tertiary/aromatic N) is 3. The molecule has 0 radical (unpaired) electrons. The van der Waals surface area contributed by atoms with E-state index < -0.39 is 5.60 Å². The minimum absolute atomic E-state index is 0.172. The maximum Gasteiger partial charge on any atom is 0.410 e. The quantitative estimate of drug-likeness (QED) is 0.866. The van der Waals surface area contributed by atoms with Crippen molar-refractivity contribution >= 4 is 34.6 Å². The van der Waals surface area contributed by atoms with E-state index in [0.29, 0.717) is 42.5 Å². The number of anilines is 1. The van der Waals surface area contributed by atoms with Crippen LogP contribution in [-0.4, -0.2) is 46.2 Å². The number of fused-ring (bicyclic) bond motifs is 1. The van der Waals surface area contributed by atoms with Gasteiger partial charge in [0.05, 0.1) is 6.26 Å². The third kappa shape index (κ3) is 3.67. The average Bonchev–Trinajstić information content (AvgIpc) is 2.82. The van der Waals surface area contributed by atoms with Gasteiger partial charge >= 0.3 is 6.09 Å². The predicted octanol–water partition coefficient (Wildman–Crippen LogP) is 3.16. The fourth-order valence-corrected chi connectivity index (χ4v) is 2.55. The first-order valence-corrected chi connectivity index (χ1v) is 7.82. The Balaban J connectivity index is 1.53. The average molecular weight is 339 g/mol. The van der Waals surface area contributed by atoms with E-state index >= 15 is 0 Å². The topological polar surface area (TPSA) is 80.5 Å². The van der Waals surface area contributed by atoms with Crippen molar-refractivity contribution in [2.24, 2.45) is 5.92 Å². The molecule has 124 valence electrons. The number of carbonyl (C=O) groups is 1. The van der Waals surface area contributed by atoms with E-state index in [1.54, 1.807) is 17.2 Å². The number of aromatic nitrogens is 2. The standard InChI is InChI=1S/C15H19ClN4O3/c1-15(2,3)23-14(21)20-7-9(8-20)6-17-12-11-10(4-5-22-11)18-13(16)19-12/h4-5,9H,6-8H2,1-3H3,(H,17,18,19). The smallest absolute Gasteiger partial charge is 0.410 e. The second-order valence-electron chi connectivity index (χ2n) is 6.61. The van der Waals surface area contributed by atoms with Crippen LogP contribution in [0, 0.1) is 5.92 Å². The number of ether oxygens (including phenoxy) is 1. The van der Waals surface area contributed by atoms with Gasteiger partial charge in [0, 0.05) is 31.6 Å². The van der Waals surface area contributed by atoms with Crippen LogP contribution in [0.2, 0.25) is 5.28 Å². The van der Waals surface area contributed by atoms with Crippen LogP contribution in [-0.2, 0) is 4.74 Å². The molecule has 1 aliphatic heterocycles. The molecular weight excluding hydrogens is 320 g/mol. The van der Waals surface area contributed by atoms with Gasteiger partial charge in [-0.1, -0.05) is 0 Å². The fourth-order valence-electron chi connectivity index (χ4n) is 2.37. The van der Waals surface area contributed by atoms with Crippen LogP contribution >= 0.6 is 11.6 Å². The molecule has 0 bridgehead atoms. The Hall–Kier alpha value is -2.02. The first kappa shape index (κ1) is 15.9. The number of amides is 1. The summed E-state index contributed by atoms with van der Waals surface area (Å²) < 4.78 is 10.7. The summed E-state index contributed by atoms with van der Waals surface area (Å²) in [5, 5.41) is 3.39. The van der Waals surface area contributed by atoms with E-state index in [9.17, 15) is 4.79 Å². The highest BCUT2D eigenvalue weighted by Gasteiger charge is 2.33. The second kappa shape index (κ2) is 5.88. The molecule has 8 heteroatoms. The predicted molar refractivity (Wildman–Crippen MR) is 86.6 cm³/mol. The summed E-state index contributed by atoms with van der Waals surface area (Å²) in [7, 11) is 0. The largest absolute Gasteiger partial charge is 0.459 e. The molecule has 7 nitrogen and oxygen atoms in total. The third-order valence-corrected chi connectivity index (χ3v) is 3.61. The summed E-state index contributed by atoms with van der Waals surface area (Å²) in [4.78, 5) is 21.8. The zero-order valence-electron chi connectivity index (χ0n) is 13.3. The van der Waals surface area contributed by atoms with Crippen molar-refractivity contribution in [1.82, 2.24) is 14.9 Å². The van der Waals surface area contributed by atoms with Crippen molar-refractivity contribution in [3.8, 4) is 0 Å². The Kier molecular flexibility index (Phi) is 4.06. The van der Waals surface area contributed by atoms with Crippen LogP contribution in [0.15, 0.2) is 16.7 Å². The van der Waals surface area contributed by atoms with Crippen LogP contribution in [0.4, 0.5) is 10.6 Å². The van der Waals surface area contributed by atoms with Crippen LogP contribution in [0.5, 0.6) is 0 Å². The highest BCUT2D eigenvalue weighted by Crippen LogP contribution is 2.25. The van der Waals surface area contributed by atoms with E-state index in [1.165, 1.54) is 0 Å². The summed E-state index contributed by atoms with van der Waals surface area (Å²) in [5.74, 6) is 0.905. The third-order valence-electron chi connectivity index (χ3n) is 3.44. The van der Waals surface area contributed by atoms with Gasteiger partial charge < -0.3 is 19.4 Å². The molecular formula is C15H19ClN4O3. The molecule has 1 fully saturated rings. The van der Waals surface area contributed by atoms with Crippen molar-refractivity contribution in [2.45, 2.75) is 26.4 Å². The zero-order chi connectivity index (χ0) is 16.6. The van der Waals surface area contributed by atoms with Gasteiger partial charge in [0.1, 0.15) is 11.1 Å². The van der Waals surface area contributed by atoms with Crippen LogP contribution in [0.1, 0.15) is 20.8 Å². The summed E-state index contributed by atoms with van der Waals surface area (Å²) in [5.41, 5.74) is 0.775. The van der Waals surface area contributed by atoms with Crippen molar-refractivity contribution in [1.29, 1.82) is 0 Å². The van der Waals surface area contributed by atoms with Gasteiger partial charge in [0.25, 0.3) is 0 Å². The molecule has 1 N–H and O–H groups in total. The number of furan rings is 1. The first-order chi connectivity index (χ1) is 10.8. The lowest BCUT2D eigenvalue weighted by Gasteiger charge is -2.39. The number of hydrogen-bond donors (Lipinski definition) is 1. The summed E-state index contributed by atoms with van der Waals surface area (Å²) in [6, 6.07) is 1.74. The molecule has 2 aromatic heterocycles. The fraction of sp³-hybridized carbons (Fsp3) is 0.533. The minimum Gasteiger partial charge on any atom is -0.459 e. The van der Waals surface area contributed by atoms with E-state index in [4.69, 9.17) is 20.8 Å². The molecule has 0 saturated carbocycles. The second-order valence-corrected chi connectivity index (χ2v) is 6.95. The van der Waals surface area contributed by atoms with Gasteiger partial charge in [-0.25, -0.2) is 9.78 Å². The molecule has 1 saturated heterocycles. The molecule has 1 aliphatic rings. The summed E-state index contributed by atoms with van der Waals surface area (Å²) in [6.07, 6.45) is 1.28.